The van der Waals surface area contributed by atoms with Gasteiger partial charge in [0.1, 0.15) is 5.75 Å². The molecule has 0 radical (unpaired) electrons. The highest BCUT2D eigenvalue weighted by Crippen LogP contribution is 2.39. The third-order valence-corrected chi connectivity index (χ3v) is 3.18. The lowest BCUT2D eigenvalue weighted by molar-refractivity contribution is -0.385. The number of pyridine rings is 1. The van der Waals surface area contributed by atoms with Gasteiger partial charge in [0.05, 0.1) is 23.2 Å². The first kappa shape index (κ1) is 15.2. The van der Waals surface area contributed by atoms with Gasteiger partial charge in [-0.3, -0.25) is 15.1 Å². The summed E-state index contributed by atoms with van der Waals surface area (Å²) in [4.78, 5) is 18.1. The summed E-state index contributed by atoms with van der Waals surface area (Å²) in [5.41, 5.74) is -0.130. The van der Waals surface area contributed by atoms with Crippen LogP contribution in [0.1, 0.15) is 0 Å². The Labute approximate surface area is 134 Å². The maximum absolute atomic E-state index is 10.9. The molecule has 0 saturated carbocycles. The third kappa shape index (κ3) is 2.56. The number of hydrogen-bond donors (Lipinski definition) is 2. The fourth-order valence-electron chi connectivity index (χ4n) is 2.04. The summed E-state index contributed by atoms with van der Waals surface area (Å²) < 4.78 is 10.3. The monoisotopic (exact) mass is 330 g/mol. The molecule has 122 valence electrons. The van der Waals surface area contributed by atoms with Crippen molar-refractivity contribution in [2.24, 2.45) is 0 Å². The minimum atomic E-state index is -0.836. The molecule has 10 nitrogen and oxygen atoms in total. The first-order valence-corrected chi connectivity index (χ1v) is 6.54. The zero-order valence-corrected chi connectivity index (χ0v) is 12.2. The summed E-state index contributed by atoms with van der Waals surface area (Å²) in [5.74, 6) is -0.952. The van der Waals surface area contributed by atoms with E-state index in [9.17, 15) is 20.3 Å². The van der Waals surface area contributed by atoms with Crippen molar-refractivity contribution >= 4 is 5.69 Å². The van der Waals surface area contributed by atoms with Crippen LogP contribution in [0.4, 0.5) is 5.69 Å². The Morgan fingerprint density at radius 3 is 2.83 bits per heavy atom. The van der Waals surface area contributed by atoms with Gasteiger partial charge >= 0.3 is 5.69 Å². The van der Waals surface area contributed by atoms with Crippen LogP contribution in [0.2, 0.25) is 0 Å². The van der Waals surface area contributed by atoms with Crippen LogP contribution in [0.3, 0.4) is 0 Å². The number of nitro groups is 1. The Balaban J connectivity index is 2.07. The number of nitrogens with zero attached hydrogens (tertiary/aromatic N) is 4. The Morgan fingerprint density at radius 1 is 1.33 bits per heavy atom. The van der Waals surface area contributed by atoms with Crippen LogP contribution in [0.5, 0.6) is 17.2 Å². The van der Waals surface area contributed by atoms with Gasteiger partial charge in [-0.1, -0.05) is 5.16 Å². The molecule has 0 saturated heterocycles. The van der Waals surface area contributed by atoms with Gasteiger partial charge in [0.25, 0.3) is 5.89 Å². The van der Waals surface area contributed by atoms with E-state index in [0.717, 1.165) is 12.1 Å². The largest absolute Gasteiger partial charge is 0.504 e. The van der Waals surface area contributed by atoms with E-state index in [1.165, 1.54) is 19.5 Å². The molecule has 3 rings (SSSR count). The van der Waals surface area contributed by atoms with E-state index in [1.807, 2.05) is 0 Å². The van der Waals surface area contributed by atoms with E-state index >= 15 is 0 Å². The summed E-state index contributed by atoms with van der Waals surface area (Å²) in [6.07, 6.45) is 3.01. The number of aromatic hydroxyl groups is 2. The highest BCUT2D eigenvalue weighted by molar-refractivity contribution is 5.69. The number of methoxy groups -OCH3 is 1. The number of phenolic OH excluding ortho intramolecular Hbond substituents is 2. The van der Waals surface area contributed by atoms with Crippen molar-refractivity contribution in [3.05, 3.63) is 40.7 Å². The highest BCUT2D eigenvalue weighted by Gasteiger charge is 2.22. The van der Waals surface area contributed by atoms with Gasteiger partial charge < -0.3 is 19.5 Å². The van der Waals surface area contributed by atoms with Crippen molar-refractivity contribution in [1.82, 2.24) is 15.1 Å². The van der Waals surface area contributed by atoms with Crippen LogP contribution < -0.4 is 4.74 Å². The first-order chi connectivity index (χ1) is 11.5. The first-order valence-electron chi connectivity index (χ1n) is 6.54. The fourth-order valence-corrected chi connectivity index (χ4v) is 2.04. The minimum absolute atomic E-state index is 0.0747. The summed E-state index contributed by atoms with van der Waals surface area (Å²) in [5, 5.41) is 33.8. The van der Waals surface area contributed by atoms with E-state index in [2.05, 4.69) is 15.1 Å². The van der Waals surface area contributed by atoms with Gasteiger partial charge in [0.2, 0.25) is 11.6 Å². The van der Waals surface area contributed by atoms with Crippen LogP contribution >= 0.6 is 0 Å². The number of phenols is 2. The molecule has 0 bridgehead atoms. The van der Waals surface area contributed by atoms with Gasteiger partial charge in [-0.15, -0.1) is 0 Å². The summed E-state index contributed by atoms with van der Waals surface area (Å²) >= 11 is 0. The van der Waals surface area contributed by atoms with E-state index in [1.54, 1.807) is 6.07 Å². The van der Waals surface area contributed by atoms with E-state index in [0.29, 0.717) is 11.3 Å². The molecule has 0 aliphatic carbocycles. The maximum atomic E-state index is 10.9. The van der Waals surface area contributed by atoms with Crippen LogP contribution in [-0.4, -0.2) is 37.4 Å². The number of hydrogen-bond acceptors (Lipinski definition) is 9. The molecule has 0 unspecified atom stereocenters. The number of ether oxygens (including phenoxy) is 1. The number of aromatic nitrogens is 3. The molecule has 24 heavy (non-hydrogen) atoms. The summed E-state index contributed by atoms with van der Waals surface area (Å²) in [6.45, 7) is 0. The SMILES string of the molecule is COc1ccncc1-c1noc(-c2cc(O)c(O)c([N+](=O)[O-])c2)n1. The van der Waals surface area contributed by atoms with Gasteiger partial charge in [-0.25, -0.2) is 0 Å². The molecule has 0 amide bonds. The molecule has 0 atom stereocenters. The normalized spacial score (nSPS) is 10.5. The average molecular weight is 330 g/mol. The van der Waals surface area contributed by atoms with Gasteiger partial charge in [-0.05, 0) is 12.1 Å². The molecule has 10 heteroatoms. The van der Waals surface area contributed by atoms with E-state index in [-0.39, 0.29) is 17.3 Å². The molecule has 0 fully saturated rings. The molecule has 0 aliphatic heterocycles. The second kappa shape index (κ2) is 5.83. The van der Waals surface area contributed by atoms with Crippen molar-refractivity contribution in [2.45, 2.75) is 0 Å². The lowest BCUT2D eigenvalue weighted by atomic mass is 10.1. The lowest BCUT2D eigenvalue weighted by Crippen LogP contribution is -1.91. The van der Waals surface area contributed by atoms with Gasteiger partial charge in [-0.2, -0.15) is 4.98 Å². The Hall–Kier alpha value is -3.69. The zero-order chi connectivity index (χ0) is 17.3. The van der Waals surface area contributed by atoms with Crippen molar-refractivity contribution in [3.8, 4) is 40.1 Å². The molecule has 1 aromatic carbocycles. The molecule has 2 N–H and O–H groups in total. The van der Waals surface area contributed by atoms with Crippen LogP contribution in [0.15, 0.2) is 35.1 Å². The molecule has 0 spiro atoms. The van der Waals surface area contributed by atoms with Crippen molar-refractivity contribution in [3.63, 3.8) is 0 Å². The molecule has 2 aromatic heterocycles. The molecule has 2 heterocycles. The maximum Gasteiger partial charge on any atom is 0.315 e. The quantitative estimate of drug-likeness (QED) is 0.417. The van der Waals surface area contributed by atoms with Crippen LogP contribution in [0, 0.1) is 10.1 Å². The van der Waals surface area contributed by atoms with E-state index < -0.39 is 22.1 Å². The smallest absolute Gasteiger partial charge is 0.315 e. The average Bonchev–Trinajstić information content (AvgIpc) is 3.06. The van der Waals surface area contributed by atoms with Crippen molar-refractivity contribution in [1.29, 1.82) is 0 Å². The Morgan fingerprint density at radius 2 is 2.12 bits per heavy atom. The van der Waals surface area contributed by atoms with Crippen molar-refractivity contribution < 1.29 is 24.4 Å². The standard InChI is InChI=1S/C14H10N4O6/c1-23-11-2-3-15-6-8(11)13-16-14(24-17-13)7-4-9(18(21)22)12(20)10(19)5-7/h2-6,19-20H,1H3. The lowest BCUT2D eigenvalue weighted by Gasteiger charge is -2.02. The zero-order valence-electron chi connectivity index (χ0n) is 12.2. The Kier molecular flexibility index (Phi) is 3.70. The minimum Gasteiger partial charge on any atom is -0.504 e. The van der Waals surface area contributed by atoms with Crippen molar-refractivity contribution in [2.75, 3.05) is 7.11 Å². The van der Waals surface area contributed by atoms with E-state index in [4.69, 9.17) is 9.26 Å². The number of benzene rings is 1. The van der Waals surface area contributed by atoms with Gasteiger partial charge in [0.15, 0.2) is 5.75 Å². The topological polar surface area (TPSA) is 145 Å². The Bertz CT molecular complexity index is 923. The molecule has 3 aromatic rings. The summed E-state index contributed by atoms with van der Waals surface area (Å²) in [7, 11) is 1.47. The molecular formula is C14H10N4O6. The molecule has 0 aliphatic rings. The number of nitro benzene ring substituents is 1. The van der Waals surface area contributed by atoms with Gasteiger partial charge in [0, 0.05) is 18.5 Å². The predicted octanol–water partition coefficient (Wildman–Crippen LogP) is 2.13. The van der Waals surface area contributed by atoms with Crippen LogP contribution in [0.25, 0.3) is 22.8 Å². The fraction of sp³-hybridized carbons (Fsp3) is 0.0714. The highest BCUT2D eigenvalue weighted by atomic mass is 16.6. The van der Waals surface area contributed by atoms with Crippen LogP contribution in [-0.2, 0) is 0 Å². The molecular weight excluding hydrogens is 320 g/mol. The third-order valence-electron chi connectivity index (χ3n) is 3.18. The second-order valence-electron chi connectivity index (χ2n) is 4.62. The predicted molar refractivity (Wildman–Crippen MR) is 79.5 cm³/mol. The summed E-state index contributed by atoms with van der Waals surface area (Å²) in [6, 6.07) is 3.72. The number of rotatable bonds is 4. The second-order valence-corrected chi connectivity index (χ2v) is 4.62.